The van der Waals surface area contributed by atoms with Crippen LogP contribution in [0.2, 0.25) is 0 Å². The number of aromatic nitrogens is 2. The average molecular weight is 205 g/mol. The Labute approximate surface area is 86.8 Å². The van der Waals surface area contributed by atoms with Gasteiger partial charge >= 0.3 is 0 Å². The van der Waals surface area contributed by atoms with Crippen molar-refractivity contribution in [1.29, 1.82) is 0 Å². The molecule has 0 aromatic carbocycles. The van der Waals surface area contributed by atoms with Crippen LogP contribution in [-0.2, 0) is 0 Å². The molecule has 0 aliphatic heterocycles. The van der Waals surface area contributed by atoms with Crippen LogP contribution in [0.5, 0.6) is 0 Å². The molecule has 2 heterocycles. The van der Waals surface area contributed by atoms with E-state index in [1.165, 1.54) is 4.88 Å². The molecule has 0 saturated carbocycles. The van der Waals surface area contributed by atoms with Gasteiger partial charge in [-0.3, -0.25) is 0 Å². The molecule has 2 aromatic heterocycles. The first-order chi connectivity index (χ1) is 6.92. The predicted molar refractivity (Wildman–Crippen MR) is 57.3 cm³/mol. The smallest absolute Gasteiger partial charge is 0.150 e. The average Bonchev–Trinajstić information content (AvgIpc) is 2.74. The Balaban J connectivity index is 2.31. The minimum Gasteiger partial charge on any atom is -0.306 e. The first kappa shape index (κ1) is 9.30. The number of hydrogen-bond acceptors (Lipinski definition) is 4. The standard InChI is InChI=1S/C10H11N3S/c1-11-9(8-4-2-7-14-8)10-12-5-3-6-13-10/h2-7,9,11H,1H3. The van der Waals surface area contributed by atoms with E-state index in [2.05, 4.69) is 26.7 Å². The van der Waals surface area contributed by atoms with Gasteiger partial charge in [0, 0.05) is 17.3 Å². The molecule has 0 bridgehead atoms. The molecular weight excluding hydrogens is 194 g/mol. The number of hydrogen-bond donors (Lipinski definition) is 1. The van der Waals surface area contributed by atoms with Crippen molar-refractivity contribution >= 4 is 11.3 Å². The lowest BCUT2D eigenvalue weighted by molar-refractivity contribution is 0.656. The lowest BCUT2D eigenvalue weighted by atomic mass is 10.2. The molecule has 0 aliphatic rings. The maximum Gasteiger partial charge on any atom is 0.150 e. The van der Waals surface area contributed by atoms with Gasteiger partial charge in [-0.1, -0.05) is 6.07 Å². The third kappa shape index (κ3) is 1.81. The number of nitrogens with zero attached hydrogens (tertiary/aromatic N) is 2. The van der Waals surface area contributed by atoms with Gasteiger partial charge in [0.05, 0.1) is 0 Å². The summed E-state index contributed by atoms with van der Waals surface area (Å²) in [5.41, 5.74) is 0. The predicted octanol–water partition coefficient (Wildman–Crippen LogP) is 1.85. The molecule has 0 spiro atoms. The van der Waals surface area contributed by atoms with Crippen molar-refractivity contribution in [3.05, 3.63) is 46.7 Å². The molecule has 1 atom stereocenters. The van der Waals surface area contributed by atoms with E-state index >= 15 is 0 Å². The summed E-state index contributed by atoms with van der Waals surface area (Å²) < 4.78 is 0. The van der Waals surface area contributed by atoms with E-state index in [0.717, 1.165) is 5.82 Å². The highest BCUT2D eigenvalue weighted by atomic mass is 32.1. The zero-order valence-electron chi connectivity index (χ0n) is 7.84. The fourth-order valence-electron chi connectivity index (χ4n) is 1.31. The quantitative estimate of drug-likeness (QED) is 0.831. The van der Waals surface area contributed by atoms with Gasteiger partial charge in [-0.15, -0.1) is 11.3 Å². The Kier molecular flexibility index (Phi) is 2.86. The fraction of sp³-hybridized carbons (Fsp3) is 0.200. The molecule has 0 aliphatic carbocycles. The molecule has 3 nitrogen and oxygen atoms in total. The van der Waals surface area contributed by atoms with Crippen molar-refractivity contribution in [1.82, 2.24) is 15.3 Å². The third-order valence-corrected chi connectivity index (χ3v) is 2.90. The highest BCUT2D eigenvalue weighted by molar-refractivity contribution is 7.10. The highest BCUT2D eigenvalue weighted by Crippen LogP contribution is 2.22. The Morgan fingerprint density at radius 1 is 1.29 bits per heavy atom. The molecule has 4 heteroatoms. The molecule has 1 unspecified atom stereocenters. The maximum absolute atomic E-state index is 4.24. The largest absolute Gasteiger partial charge is 0.306 e. The monoisotopic (exact) mass is 205 g/mol. The Morgan fingerprint density at radius 2 is 2.07 bits per heavy atom. The topological polar surface area (TPSA) is 37.8 Å². The number of rotatable bonds is 3. The summed E-state index contributed by atoms with van der Waals surface area (Å²) in [4.78, 5) is 9.71. The first-order valence-corrected chi connectivity index (χ1v) is 5.27. The molecule has 72 valence electrons. The normalized spacial score (nSPS) is 12.6. The van der Waals surface area contributed by atoms with E-state index in [0.29, 0.717) is 0 Å². The summed E-state index contributed by atoms with van der Waals surface area (Å²) in [6, 6.07) is 6.05. The minimum absolute atomic E-state index is 0.108. The van der Waals surface area contributed by atoms with Crippen LogP contribution in [0.3, 0.4) is 0 Å². The molecule has 14 heavy (non-hydrogen) atoms. The minimum atomic E-state index is 0.108. The third-order valence-electron chi connectivity index (χ3n) is 1.96. The summed E-state index contributed by atoms with van der Waals surface area (Å²) in [6.07, 6.45) is 3.53. The second-order valence-electron chi connectivity index (χ2n) is 2.84. The maximum atomic E-state index is 4.24. The summed E-state index contributed by atoms with van der Waals surface area (Å²) >= 11 is 1.71. The Bertz CT molecular complexity index is 372. The molecular formula is C10H11N3S. The van der Waals surface area contributed by atoms with Crippen LogP contribution in [0.1, 0.15) is 16.7 Å². The van der Waals surface area contributed by atoms with E-state index in [1.807, 2.05) is 19.2 Å². The van der Waals surface area contributed by atoms with Crippen molar-refractivity contribution in [2.45, 2.75) is 6.04 Å². The van der Waals surface area contributed by atoms with Gasteiger partial charge < -0.3 is 5.32 Å². The zero-order chi connectivity index (χ0) is 9.80. The molecule has 0 radical (unpaired) electrons. The van der Waals surface area contributed by atoms with Gasteiger partial charge in [-0.2, -0.15) is 0 Å². The molecule has 0 amide bonds. The van der Waals surface area contributed by atoms with Crippen LogP contribution < -0.4 is 5.32 Å². The van der Waals surface area contributed by atoms with Crippen molar-refractivity contribution in [3.8, 4) is 0 Å². The van der Waals surface area contributed by atoms with Gasteiger partial charge in [-0.25, -0.2) is 9.97 Å². The van der Waals surface area contributed by atoms with Crippen molar-refractivity contribution < 1.29 is 0 Å². The van der Waals surface area contributed by atoms with Gasteiger partial charge in [0.2, 0.25) is 0 Å². The zero-order valence-corrected chi connectivity index (χ0v) is 8.66. The van der Waals surface area contributed by atoms with Crippen LogP contribution in [0.4, 0.5) is 0 Å². The SMILES string of the molecule is CNC(c1ncccn1)c1cccs1. The van der Waals surface area contributed by atoms with Gasteiger partial charge in [0.25, 0.3) is 0 Å². The van der Waals surface area contributed by atoms with E-state index in [-0.39, 0.29) is 6.04 Å². The van der Waals surface area contributed by atoms with Gasteiger partial charge in [-0.05, 0) is 24.6 Å². The number of thiophene rings is 1. The molecule has 0 fully saturated rings. The molecule has 2 aromatic rings. The Hall–Kier alpha value is -1.26. The van der Waals surface area contributed by atoms with E-state index in [1.54, 1.807) is 23.7 Å². The van der Waals surface area contributed by atoms with E-state index < -0.39 is 0 Å². The van der Waals surface area contributed by atoms with Crippen LogP contribution in [-0.4, -0.2) is 17.0 Å². The van der Waals surface area contributed by atoms with Crippen LogP contribution >= 0.6 is 11.3 Å². The lowest BCUT2D eigenvalue weighted by Gasteiger charge is -2.11. The lowest BCUT2D eigenvalue weighted by Crippen LogP contribution is -2.18. The fourth-order valence-corrected chi connectivity index (χ4v) is 2.14. The van der Waals surface area contributed by atoms with E-state index in [9.17, 15) is 0 Å². The van der Waals surface area contributed by atoms with Crippen LogP contribution in [0.15, 0.2) is 36.0 Å². The summed E-state index contributed by atoms with van der Waals surface area (Å²) in [5.74, 6) is 0.817. The van der Waals surface area contributed by atoms with Crippen LogP contribution in [0, 0.1) is 0 Å². The molecule has 0 saturated heterocycles. The first-order valence-electron chi connectivity index (χ1n) is 4.39. The van der Waals surface area contributed by atoms with Crippen LogP contribution in [0.25, 0.3) is 0 Å². The van der Waals surface area contributed by atoms with Crippen molar-refractivity contribution in [3.63, 3.8) is 0 Å². The summed E-state index contributed by atoms with van der Waals surface area (Å²) in [7, 11) is 1.92. The Morgan fingerprint density at radius 3 is 2.64 bits per heavy atom. The van der Waals surface area contributed by atoms with Crippen molar-refractivity contribution in [2.75, 3.05) is 7.05 Å². The summed E-state index contributed by atoms with van der Waals surface area (Å²) in [5, 5.41) is 5.26. The number of nitrogens with one attached hydrogen (secondary N) is 1. The molecule has 2 rings (SSSR count). The van der Waals surface area contributed by atoms with Crippen molar-refractivity contribution in [2.24, 2.45) is 0 Å². The molecule has 1 N–H and O–H groups in total. The summed E-state index contributed by atoms with van der Waals surface area (Å²) in [6.45, 7) is 0. The second-order valence-corrected chi connectivity index (χ2v) is 3.82. The van der Waals surface area contributed by atoms with E-state index in [4.69, 9.17) is 0 Å². The van der Waals surface area contributed by atoms with Gasteiger partial charge in [0.1, 0.15) is 11.9 Å². The highest BCUT2D eigenvalue weighted by Gasteiger charge is 2.14. The van der Waals surface area contributed by atoms with Gasteiger partial charge in [0.15, 0.2) is 0 Å². The second kappa shape index (κ2) is 4.30.